The molecule has 8 nitrogen and oxygen atoms in total. The number of fused-ring (bicyclic) bond motifs is 1. The summed E-state index contributed by atoms with van der Waals surface area (Å²) in [5.41, 5.74) is 3.90. The summed E-state index contributed by atoms with van der Waals surface area (Å²) in [6, 6.07) is 11.5. The molecule has 0 amide bonds. The van der Waals surface area contributed by atoms with Crippen LogP contribution in [0.1, 0.15) is 45.2 Å². The molecule has 8 heteroatoms. The van der Waals surface area contributed by atoms with Crippen LogP contribution < -0.4 is 0 Å². The number of aliphatic hydroxyl groups is 1. The van der Waals surface area contributed by atoms with Crippen molar-refractivity contribution in [2.75, 3.05) is 19.8 Å². The second-order valence-electron chi connectivity index (χ2n) is 9.45. The normalized spacial score (nSPS) is 12.6. The number of aromatic hydroxyl groups is 1. The van der Waals surface area contributed by atoms with Crippen LogP contribution in [0.25, 0.3) is 16.7 Å². The number of benzene rings is 2. The maximum atomic E-state index is 11.4. The van der Waals surface area contributed by atoms with Crippen LogP contribution in [0.2, 0.25) is 0 Å². The van der Waals surface area contributed by atoms with Gasteiger partial charge in [-0.3, -0.25) is 0 Å². The van der Waals surface area contributed by atoms with Gasteiger partial charge in [0.25, 0.3) is 0 Å². The molecule has 0 saturated carbocycles. The Morgan fingerprint density at radius 2 is 1.79 bits per heavy atom. The summed E-state index contributed by atoms with van der Waals surface area (Å²) in [4.78, 5) is 12.9. The number of nitrogens with zero attached hydrogens (tertiary/aromatic N) is 3. The lowest BCUT2D eigenvalue weighted by Crippen LogP contribution is -2.24. The number of phenolic OH excluding ortho intramolecular Hbond substituents is 1. The molecule has 2 aromatic carbocycles. The predicted molar refractivity (Wildman–Crippen MR) is 130 cm³/mol. The van der Waals surface area contributed by atoms with E-state index in [9.17, 15) is 15.0 Å². The number of esters is 1. The van der Waals surface area contributed by atoms with Crippen molar-refractivity contribution in [1.82, 2.24) is 15.0 Å². The molecule has 0 fully saturated rings. The maximum absolute atomic E-state index is 11.4. The van der Waals surface area contributed by atoms with Crippen molar-refractivity contribution in [2.24, 2.45) is 0 Å². The number of carbonyl (C=O) groups excluding carboxylic acids is 1. The first-order chi connectivity index (χ1) is 16.1. The van der Waals surface area contributed by atoms with Gasteiger partial charge < -0.3 is 19.7 Å². The van der Waals surface area contributed by atoms with Crippen molar-refractivity contribution in [2.45, 2.75) is 52.1 Å². The second kappa shape index (κ2) is 10.8. The molecule has 1 atom stereocenters. The average Bonchev–Trinajstić information content (AvgIpc) is 3.21. The van der Waals surface area contributed by atoms with E-state index in [-0.39, 0.29) is 30.0 Å². The van der Waals surface area contributed by atoms with Gasteiger partial charge in [0.15, 0.2) is 0 Å². The maximum Gasteiger partial charge on any atom is 0.333 e. The van der Waals surface area contributed by atoms with Gasteiger partial charge in [-0.05, 0) is 48.9 Å². The number of aryl methyl sites for hydroxylation is 1. The summed E-state index contributed by atoms with van der Waals surface area (Å²) >= 11 is 0. The van der Waals surface area contributed by atoms with E-state index < -0.39 is 12.1 Å². The number of hydrogen-bond acceptors (Lipinski definition) is 7. The lowest BCUT2D eigenvalue weighted by atomic mass is 9.84. The van der Waals surface area contributed by atoms with Crippen LogP contribution in [-0.2, 0) is 26.1 Å². The summed E-state index contributed by atoms with van der Waals surface area (Å²) in [5, 5.41) is 30.0. The molecule has 3 aromatic rings. The van der Waals surface area contributed by atoms with E-state index in [0.717, 1.165) is 22.2 Å². The number of phenols is 1. The first-order valence-corrected chi connectivity index (χ1v) is 11.3. The molecular formula is C26H33N3O5. The first-order valence-electron chi connectivity index (χ1n) is 11.3. The number of hydrogen-bond donors (Lipinski definition) is 2. The Hall–Kier alpha value is -3.23. The van der Waals surface area contributed by atoms with Crippen molar-refractivity contribution in [3.63, 3.8) is 0 Å². The van der Waals surface area contributed by atoms with E-state index in [0.29, 0.717) is 25.1 Å². The summed E-state index contributed by atoms with van der Waals surface area (Å²) in [7, 11) is 0. The fourth-order valence-electron chi connectivity index (χ4n) is 3.45. The van der Waals surface area contributed by atoms with Crippen LogP contribution in [0.4, 0.5) is 0 Å². The molecule has 0 bridgehead atoms. The molecule has 0 aliphatic heterocycles. The van der Waals surface area contributed by atoms with Crippen molar-refractivity contribution in [3.8, 4) is 11.4 Å². The number of ether oxygens (including phenoxy) is 2. The van der Waals surface area contributed by atoms with Gasteiger partial charge in [0, 0.05) is 17.7 Å². The van der Waals surface area contributed by atoms with Crippen molar-refractivity contribution in [1.29, 1.82) is 0 Å². The van der Waals surface area contributed by atoms with Gasteiger partial charge in [0.2, 0.25) is 0 Å². The van der Waals surface area contributed by atoms with E-state index >= 15 is 0 Å². The summed E-state index contributed by atoms with van der Waals surface area (Å²) in [5.74, 6) is -0.364. The third kappa shape index (κ3) is 6.42. The molecule has 3 rings (SSSR count). The zero-order chi connectivity index (χ0) is 24.9. The smallest absolute Gasteiger partial charge is 0.333 e. The highest BCUT2D eigenvalue weighted by molar-refractivity contribution is 5.86. The Bertz CT molecular complexity index is 1130. The SMILES string of the molecule is C=C(C)C(=O)OCC(O)COCCCc1cc(-n2nc3ccccc3n2)c(O)c(C(C)(C)C)c1. The molecule has 1 unspecified atom stereocenters. The minimum atomic E-state index is -0.893. The first kappa shape index (κ1) is 25.4. The predicted octanol–water partition coefficient (Wildman–Crippen LogP) is 3.85. The average molecular weight is 468 g/mol. The van der Waals surface area contributed by atoms with Crippen LogP contribution in [0, 0.1) is 0 Å². The number of aromatic nitrogens is 3. The van der Waals surface area contributed by atoms with Gasteiger partial charge in [-0.25, -0.2) is 4.79 Å². The van der Waals surface area contributed by atoms with Crippen LogP contribution >= 0.6 is 0 Å². The minimum absolute atomic E-state index is 0.0708. The molecule has 34 heavy (non-hydrogen) atoms. The van der Waals surface area contributed by atoms with Gasteiger partial charge in [0.1, 0.15) is 35.2 Å². The lowest BCUT2D eigenvalue weighted by molar-refractivity contribution is -0.143. The Morgan fingerprint density at radius 1 is 1.15 bits per heavy atom. The Morgan fingerprint density at radius 3 is 2.38 bits per heavy atom. The monoisotopic (exact) mass is 467 g/mol. The topological polar surface area (TPSA) is 107 Å². The fourth-order valence-corrected chi connectivity index (χ4v) is 3.45. The van der Waals surface area contributed by atoms with E-state index in [1.807, 2.05) is 57.2 Å². The quantitative estimate of drug-likeness (QED) is 0.265. The number of aliphatic hydroxyl groups excluding tert-OH is 1. The Kier molecular flexibility index (Phi) is 8.06. The standard InChI is InChI=1S/C26H33N3O5/c1-17(2)25(32)34-16-19(30)15-33-12-8-9-18-13-20(26(3,4)5)24(31)23(14-18)29-27-21-10-6-7-11-22(21)28-29/h6-7,10-11,13-14,19,30-31H,1,8-9,12,15-16H2,2-5H3. The van der Waals surface area contributed by atoms with Crippen LogP contribution in [0.15, 0.2) is 48.6 Å². The molecule has 1 heterocycles. The summed E-state index contributed by atoms with van der Waals surface area (Å²) in [6.07, 6.45) is 0.523. The number of rotatable bonds is 10. The Balaban J connectivity index is 1.66. The molecule has 0 aliphatic rings. The molecule has 0 saturated heterocycles. The molecule has 1 aromatic heterocycles. The van der Waals surface area contributed by atoms with Crippen molar-refractivity contribution >= 4 is 17.0 Å². The highest BCUT2D eigenvalue weighted by Gasteiger charge is 2.23. The zero-order valence-electron chi connectivity index (χ0n) is 20.2. The molecule has 0 radical (unpaired) electrons. The van der Waals surface area contributed by atoms with Crippen molar-refractivity contribution < 1.29 is 24.5 Å². The largest absolute Gasteiger partial charge is 0.505 e. The van der Waals surface area contributed by atoms with Gasteiger partial charge in [-0.1, -0.05) is 45.5 Å². The summed E-state index contributed by atoms with van der Waals surface area (Å²) in [6.45, 7) is 11.6. The molecule has 0 spiro atoms. The highest BCUT2D eigenvalue weighted by atomic mass is 16.5. The van der Waals surface area contributed by atoms with Crippen molar-refractivity contribution in [3.05, 3.63) is 59.7 Å². The fraction of sp³-hybridized carbons (Fsp3) is 0.423. The molecule has 0 aliphatic carbocycles. The minimum Gasteiger partial charge on any atom is -0.505 e. The Labute approximate surface area is 199 Å². The zero-order valence-corrected chi connectivity index (χ0v) is 20.2. The van der Waals surface area contributed by atoms with Crippen LogP contribution in [0.3, 0.4) is 0 Å². The highest BCUT2D eigenvalue weighted by Crippen LogP contribution is 2.36. The second-order valence-corrected chi connectivity index (χ2v) is 9.45. The van der Waals surface area contributed by atoms with E-state index in [2.05, 4.69) is 16.8 Å². The van der Waals surface area contributed by atoms with Crippen LogP contribution in [-0.4, -0.2) is 57.1 Å². The van der Waals surface area contributed by atoms with E-state index in [4.69, 9.17) is 9.47 Å². The van der Waals surface area contributed by atoms with Crippen LogP contribution in [0.5, 0.6) is 5.75 Å². The lowest BCUT2D eigenvalue weighted by Gasteiger charge is -2.23. The molecular weight excluding hydrogens is 434 g/mol. The van der Waals surface area contributed by atoms with Gasteiger partial charge in [-0.2, -0.15) is 0 Å². The van der Waals surface area contributed by atoms with Gasteiger partial charge in [0.05, 0.1) is 6.61 Å². The van der Waals surface area contributed by atoms with Gasteiger partial charge in [-0.15, -0.1) is 15.0 Å². The van der Waals surface area contributed by atoms with E-state index in [1.54, 1.807) is 6.92 Å². The third-order valence-corrected chi connectivity index (χ3v) is 5.28. The molecule has 2 N–H and O–H groups in total. The third-order valence-electron chi connectivity index (χ3n) is 5.28. The van der Waals surface area contributed by atoms with Gasteiger partial charge >= 0.3 is 5.97 Å². The molecule has 182 valence electrons. The van der Waals surface area contributed by atoms with E-state index in [1.165, 1.54) is 4.80 Å². The number of carbonyl (C=O) groups is 1. The summed E-state index contributed by atoms with van der Waals surface area (Å²) < 4.78 is 10.5.